The van der Waals surface area contributed by atoms with Crippen LogP contribution in [-0.4, -0.2) is 0 Å². The number of hydrogen-bond donors (Lipinski definition) is 0. The zero-order valence-corrected chi connectivity index (χ0v) is 25.6. The number of rotatable bonds is 4. The van der Waals surface area contributed by atoms with Crippen LogP contribution in [0.4, 0.5) is 0 Å². The van der Waals surface area contributed by atoms with Gasteiger partial charge in [0.05, 0.1) is 0 Å². The van der Waals surface area contributed by atoms with E-state index in [2.05, 4.69) is 66.0 Å². The molecule has 0 bridgehead atoms. The van der Waals surface area contributed by atoms with Gasteiger partial charge in [-0.2, -0.15) is 0 Å². The summed E-state index contributed by atoms with van der Waals surface area (Å²) in [6, 6.07) is 4.59. The van der Waals surface area contributed by atoms with Crippen LogP contribution in [0.1, 0.15) is 130 Å². The molecule has 36 heavy (non-hydrogen) atoms. The zero-order valence-electron chi connectivity index (χ0n) is 24.8. The van der Waals surface area contributed by atoms with Crippen LogP contribution in [0.15, 0.2) is 17.5 Å². The van der Waals surface area contributed by atoms with E-state index in [9.17, 15) is 0 Å². The van der Waals surface area contributed by atoms with E-state index in [1.807, 2.05) is 11.3 Å². The first-order chi connectivity index (χ1) is 17.0. The number of aryl methyl sites for hydroxylation is 1. The predicted octanol–water partition coefficient (Wildman–Crippen LogP) is 10.8. The third-order valence-electron chi connectivity index (χ3n) is 14.9. The molecule has 0 aliphatic heterocycles. The molecule has 10 atom stereocenters. The molecular formula is C35H56S. The highest BCUT2D eigenvalue weighted by atomic mass is 32.1. The van der Waals surface area contributed by atoms with Crippen molar-refractivity contribution in [3.05, 3.63) is 22.4 Å². The normalized spacial score (nSPS) is 50.5. The molecule has 0 nitrogen and oxygen atoms in total. The molecule has 5 aliphatic rings. The molecule has 202 valence electrons. The van der Waals surface area contributed by atoms with Crippen molar-refractivity contribution in [1.29, 1.82) is 0 Å². The van der Waals surface area contributed by atoms with Crippen molar-refractivity contribution in [3.8, 4) is 0 Å². The summed E-state index contributed by atoms with van der Waals surface area (Å²) in [6.07, 6.45) is 19.3. The summed E-state index contributed by atoms with van der Waals surface area (Å²) in [5, 5.41) is 2.26. The predicted molar refractivity (Wildman–Crippen MR) is 156 cm³/mol. The van der Waals surface area contributed by atoms with E-state index < -0.39 is 0 Å². The molecule has 0 radical (unpaired) electrons. The van der Waals surface area contributed by atoms with E-state index in [-0.39, 0.29) is 0 Å². The van der Waals surface area contributed by atoms with Gasteiger partial charge in [-0.3, -0.25) is 0 Å². The van der Waals surface area contributed by atoms with Gasteiger partial charge in [0.2, 0.25) is 0 Å². The van der Waals surface area contributed by atoms with E-state index in [1.165, 1.54) is 83.5 Å². The van der Waals surface area contributed by atoms with Gasteiger partial charge >= 0.3 is 0 Å². The van der Waals surface area contributed by atoms with Crippen molar-refractivity contribution in [1.82, 2.24) is 0 Å². The van der Waals surface area contributed by atoms with E-state index in [1.54, 1.807) is 4.88 Å². The summed E-state index contributed by atoms with van der Waals surface area (Å²) >= 11 is 1.96. The first-order valence-electron chi connectivity index (χ1n) is 16.0. The highest BCUT2D eigenvalue weighted by Gasteiger charge is 2.70. The first-order valence-corrected chi connectivity index (χ1v) is 16.9. The zero-order chi connectivity index (χ0) is 25.6. The van der Waals surface area contributed by atoms with Gasteiger partial charge < -0.3 is 0 Å². The molecule has 0 aromatic carbocycles. The van der Waals surface area contributed by atoms with Gasteiger partial charge in [-0.15, -0.1) is 11.3 Å². The fraction of sp³-hybridized carbons (Fsp3) is 0.886. The summed E-state index contributed by atoms with van der Waals surface area (Å²) in [5.74, 6) is 5.69. The maximum Gasteiger partial charge on any atom is 0.00453 e. The van der Waals surface area contributed by atoms with Crippen molar-refractivity contribution in [2.75, 3.05) is 0 Å². The van der Waals surface area contributed by atoms with Crippen LogP contribution >= 0.6 is 11.3 Å². The molecule has 0 saturated heterocycles. The molecular weight excluding hydrogens is 452 g/mol. The molecule has 1 aromatic rings. The SMILES string of the molecule is C[C@@H](CCc1cccs1)[C@H]1CC[C@]2(C)[C@H]3CC[C@@H]4[C@@]5(C)CCCC(C)(C)[C@H]5CC[C@@]4(C)[C@]3(C)CC[C@@H]12. The van der Waals surface area contributed by atoms with Crippen LogP contribution in [0.3, 0.4) is 0 Å². The first kappa shape index (κ1) is 26.0. The molecule has 1 aromatic heterocycles. The van der Waals surface area contributed by atoms with E-state index in [0.717, 1.165) is 35.5 Å². The Kier molecular flexibility index (Phi) is 6.20. The summed E-state index contributed by atoms with van der Waals surface area (Å²) in [6.45, 7) is 19.1. The van der Waals surface area contributed by atoms with E-state index >= 15 is 0 Å². The minimum Gasteiger partial charge on any atom is -0.149 e. The summed E-state index contributed by atoms with van der Waals surface area (Å²) in [5.41, 5.74) is 2.81. The molecule has 0 spiro atoms. The lowest BCUT2D eigenvalue weighted by molar-refractivity contribution is -0.241. The van der Waals surface area contributed by atoms with Crippen LogP contribution in [0, 0.1) is 62.6 Å². The second-order valence-corrected chi connectivity index (χ2v) is 17.4. The maximum atomic E-state index is 2.83. The summed E-state index contributed by atoms with van der Waals surface area (Å²) < 4.78 is 0. The topological polar surface area (TPSA) is 0 Å². The van der Waals surface area contributed by atoms with Crippen molar-refractivity contribution >= 4 is 11.3 Å². The molecule has 5 fully saturated rings. The highest BCUT2D eigenvalue weighted by Crippen LogP contribution is 2.78. The Balaban J connectivity index is 1.25. The highest BCUT2D eigenvalue weighted by molar-refractivity contribution is 7.09. The minimum absolute atomic E-state index is 0.547. The standard InChI is InChI=1S/C35H56S/c1-24(11-12-25-10-8-23-36-25)26-15-20-32(4)27(26)16-21-34(6)29(32)13-14-30-33(5)19-9-18-31(2,3)28(33)17-22-35(30,34)7/h8,10,23-24,26-30H,9,11-22H2,1-7H3/t24-,26+,27-,28+,29+,30+,32-,33-,34+,35+/m0/s1. The lowest BCUT2D eigenvalue weighted by atomic mass is 9.32. The summed E-state index contributed by atoms with van der Waals surface area (Å²) in [7, 11) is 0. The second kappa shape index (κ2) is 8.60. The van der Waals surface area contributed by atoms with Gasteiger partial charge in [0.1, 0.15) is 0 Å². The molecule has 6 rings (SSSR count). The number of thiophene rings is 1. The fourth-order valence-corrected chi connectivity index (χ4v) is 13.8. The lowest BCUT2D eigenvalue weighted by Crippen LogP contribution is -2.65. The molecule has 1 heterocycles. The second-order valence-electron chi connectivity index (χ2n) is 16.4. The molecule has 1 heteroatoms. The van der Waals surface area contributed by atoms with E-state index in [0.29, 0.717) is 27.1 Å². The molecule has 0 N–H and O–H groups in total. The van der Waals surface area contributed by atoms with E-state index in [4.69, 9.17) is 0 Å². The van der Waals surface area contributed by atoms with Crippen LogP contribution in [0.2, 0.25) is 0 Å². The van der Waals surface area contributed by atoms with Gasteiger partial charge in [-0.05, 0) is 151 Å². The molecule has 5 aliphatic carbocycles. The summed E-state index contributed by atoms with van der Waals surface area (Å²) in [4.78, 5) is 1.60. The Morgan fingerprint density at radius 1 is 0.778 bits per heavy atom. The van der Waals surface area contributed by atoms with Gasteiger partial charge in [0, 0.05) is 4.88 Å². The van der Waals surface area contributed by atoms with Crippen LogP contribution < -0.4 is 0 Å². The maximum absolute atomic E-state index is 2.83. The Morgan fingerprint density at radius 3 is 2.17 bits per heavy atom. The van der Waals surface area contributed by atoms with Gasteiger partial charge in [-0.25, -0.2) is 0 Å². The Morgan fingerprint density at radius 2 is 1.47 bits per heavy atom. The molecule has 5 saturated carbocycles. The van der Waals surface area contributed by atoms with Gasteiger partial charge in [0.25, 0.3) is 0 Å². The molecule has 0 amide bonds. The van der Waals surface area contributed by atoms with Crippen LogP contribution in [0.25, 0.3) is 0 Å². The van der Waals surface area contributed by atoms with Crippen molar-refractivity contribution < 1.29 is 0 Å². The van der Waals surface area contributed by atoms with Gasteiger partial charge in [0.15, 0.2) is 0 Å². The average molecular weight is 509 g/mol. The average Bonchev–Trinajstić information content (AvgIpc) is 3.45. The number of fused-ring (bicyclic) bond motifs is 7. The van der Waals surface area contributed by atoms with Crippen LogP contribution in [-0.2, 0) is 6.42 Å². The quantitative estimate of drug-likeness (QED) is 0.379. The lowest BCUT2D eigenvalue weighted by Gasteiger charge is -2.73. The third-order valence-corrected chi connectivity index (χ3v) is 15.9. The largest absolute Gasteiger partial charge is 0.149 e. The number of hydrogen-bond acceptors (Lipinski definition) is 1. The minimum atomic E-state index is 0.547. The fourth-order valence-electron chi connectivity index (χ4n) is 13.1. The van der Waals surface area contributed by atoms with Crippen LogP contribution in [0.5, 0.6) is 0 Å². The van der Waals surface area contributed by atoms with Crippen molar-refractivity contribution in [2.45, 2.75) is 132 Å². The van der Waals surface area contributed by atoms with Crippen molar-refractivity contribution in [2.24, 2.45) is 62.6 Å². The Bertz CT molecular complexity index is 944. The third kappa shape index (κ3) is 3.48. The Labute approximate surface area is 227 Å². The monoisotopic (exact) mass is 508 g/mol. The van der Waals surface area contributed by atoms with Gasteiger partial charge in [-0.1, -0.05) is 61.0 Å². The Hall–Kier alpha value is -0.300. The smallest absolute Gasteiger partial charge is 0.00453 e. The molecule has 0 unspecified atom stereocenters. The van der Waals surface area contributed by atoms with Crippen molar-refractivity contribution in [3.63, 3.8) is 0 Å².